The monoisotopic (exact) mass is 338 g/mol. The van der Waals surface area contributed by atoms with E-state index in [0.717, 1.165) is 18.9 Å². The van der Waals surface area contributed by atoms with Crippen molar-refractivity contribution in [2.75, 3.05) is 33.2 Å². The Kier molecular flexibility index (Phi) is 11.3. The molecular weight excluding hydrogens is 307 g/mol. The van der Waals surface area contributed by atoms with Crippen LogP contribution in [0, 0.1) is 0 Å². The molecule has 0 radical (unpaired) electrons. The molecule has 1 saturated carbocycles. The van der Waals surface area contributed by atoms with Crippen molar-refractivity contribution in [3.63, 3.8) is 0 Å². The second kappa shape index (κ2) is 11.4. The molecule has 1 aliphatic carbocycles. The van der Waals surface area contributed by atoms with Gasteiger partial charge in [0.2, 0.25) is 0 Å². The molecule has 0 aromatic carbocycles. The minimum absolute atomic E-state index is 0. The molecule has 1 heterocycles. The average Bonchev–Trinajstić information content (AvgIpc) is 2.96. The molecule has 4 nitrogen and oxygen atoms in total. The van der Waals surface area contributed by atoms with Gasteiger partial charge in [0.15, 0.2) is 5.96 Å². The van der Waals surface area contributed by atoms with Crippen molar-refractivity contribution < 1.29 is 0 Å². The minimum Gasteiger partial charge on any atom is -0.370 e. The van der Waals surface area contributed by atoms with Crippen molar-refractivity contribution in [1.82, 2.24) is 9.80 Å². The predicted octanol–water partition coefficient (Wildman–Crippen LogP) is 2.90. The summed E-state index contributed by atoms with van der Waals surface area (Å²) in [7, 11) is 2.11. The van der Waals surface area contributed by atoms with E-state index in [1.807, 2.05) is 0 Å². The zero-order chi connectivity index (χ0) is 13.5. The van der Waals surface area contributed by atoms with Gasteiger partial charge in [0.25, 0.3) is 0 Å². The highest BCUT2D eigenvalue weighted by atomic mass is 35.5. The van der Waals surface area contributed by atoms with E-state index >= 15 is 0 Å². The zero-order valence-corrected chi connectivity index (χ0v) is 14.9. The first-order chi connectivity index (χ1) is 9.27. The Morgan fingerprint density at radius 2 is 1.71 bits per heavy atom. The predicted molar refractivity (Wildman–Crippen MR) is 95.9 cm³/mol. The number of rotatable bonds is 5. The Hall–Kier alpha value is -0.190. The summed E-state index contributed by atoms with van der Waals surface area (Å²) in [5.41, 5.74) is 6.10. The van der Waals surface area contributed by atoms with Gasteiger partial charge in [-0.1, -0.05) is 19.3 Å². The molecule has 0 aromatic heterocycles. The zero-order valence-electron chi connectivity index (χ0n) is 13.3. The second-order valence-corrected chi connectivity index (χ2v) is 6.04. The van der Waals surface area contributed by atoms with Gasteiger partial charge in [-0.25, -0.2) is 0 Å². The molecule has 0 spiro atoms. The van der Waals surface area contributed by atoms with Crippen molar-refractivity contribution in [1.29, 1.82) is 0 Å². The maximum atomic E-state index is 6.10. The first-order valence-corrected chi connectivity index (χ1v) is 8.02. The van der Waals surface area contributed by atoms with Gasteiger partial charge in [0.1, 0.15) is 0 Å². The van der Waals surface area contributed by atoms with Crippen LogP contribution in [0.1, 0.15) is 51.4 Å². The fourth-order valence-electron chi connectivity index (χ4n) is 3.26. The van der Waals surface area contributed by atoms with Gasteiger partial charge in [-0.3, -0.25) is 4.99 Å². The van der Waals surface area contributed by atoms with Gasteiger partial charge >= 0.3 is 0 Å². The summed E-state index contributed by atoms with van der Waals surface area (Å²) in [6.45, 7) is 4.62. The third-order valence-electron chi connectivity index (χ3n) is 4.59. The molecule has 1 saturated heterocycles. The van der Waals surface area contributed by atoms with Crippen LogP contribution in [0.15, 0.2) is 4.99 Å². The van der Waals surface area contributed by atoms with Crippen LogP contribution in [0.4, 0.5) is 0 Å². The summed E-state index contributed by atoms with van der Waals surface area (Å²) >= 11 is 0. The van der Waals surface area contributed by atoms with E-state index < -0.39 is 0 Å². The molecule has 0 unspecified atom stereocenters. The fraction of sp³-hybridized carbons (Fsp3) is 0.933. The van der Waals surface area contributed by atoms with E-state index in [0.29, 0.717) is 6.04 Å². The number of guanidine groups is 1. The highest BCUT2D eigenvalue weighted by molar-refractivity contribution is 5.85. The molecular formula is C15H32Cl2N4. The summed E-state index contributed by atoms with van der Waals surface area (Å²) in [6, 6.07) is 0.621. The molecule has 0 amide bonds. The minimum atomic E-state index is 0. The van der Waals surface area contributed by atoms with Crippen LogP contribution in [-0.4, -0.2) is 55.0 Å². The van der Waals surface area contributed by atoms with Crippen molar-refractivity contribution >= 4 is 30.8 Å². The first-order valence-electron chi connectivity index (χ1n) is 8.02. The van der Waals surface area contributed by atoms with Crippen molar-refractivity contribution in [3.05, 3.63) is 0 Å². The Balaban J connectivity index is 0.00000200. The van der Waals surface area contributed by atoms with Crippen LogP contribution in [0.2, 0.25) is 0 Å². The number of halogens is 2. The van der Waals surface area contributed by atoms with Crippen molar-refractivity contribution in [3.8, 4) is 0 Å². The topological polar surface area (TPSA) is 44.9 Å². The van der Waals surface area contributed by atoms with Crippen LogP contribution in [0.5, 0.6) is 0 Å². The van der Waals surface area contributed by atoms with E-state index in [2.05, 4.69) is 21.8 Å². The third kappa shape index (κ3) is 7.07. The van der Waals surface area contributed by atoms with Gasteiger partial charge in [-0.2, -0.15) is 0 Å². The van der Waals surface area contributed by atoms with E-state index in [1.165, 1.54) is 64.6 Å². The first kappa shape index (κ1) is 20.8. The Morgan fingerprint density at radius 1 is 1.10 bits per heavy atom. The Bertz CT molecular complexity index is 287. The number of aliphatic imine (C=N–C) groups is 1. The molecule has 1 aliphatic heterocycles. The number of hydrogen-bond acceptors (Lipinski definition) is 2. The van der Waals surface area contributed by atoms with Crippen LogP contribution in [0.25, 0.3) is 0 Å². The van der Waals surface area contributed by atoms with Crippen LogP contribution >= 0.6 is 24.8 Å². The smallest absolute Gasteiger partial charge is 0.191 e. The maximum absolute atomic E-state index is 6.10. The van der Waals surface area contributed by atoms with E-state index in [4.69, 9.17) is 5.73 Å². The average molecular weight is 339 g/mol. The molecule has 2 N–H and O–H groups in total. The number of hydrogen-bond donors (Lipinski definition) is 1. The summed E-state index contributed by atoms with van der Waals surface area (Å²) in [5.74, 6) is 0.744. The molecule has 2 rings (SSSR count). The Morgan fingerprint density at radius 3 is 2.33 bits per heavy atom. The van der Waals surface area contributed by atoms with Crippen LogP contribution in [0.3, 0.4) is 0 Å². The van der Waals surface area contributed by atoms with E-state index in [9.17, 15) is 0 Å². The van der Waals surface area contributed by atoms with Crippen LogP contribution in [-0.2, 0) is 0 Å². The summed E-state index contributed by atoms with van der Waals surface area (Å²) in [4.78, 5) is 9.30. The van der Waals surface area contributed by atoms with Crippen molar-refractivity contribution in [2.45, 2.75) is 57.4 Å². The Labute approximate surface area is 142 Å². The number of likely N-dealkylation sites (tertiary alicyclic amines) is 1. The third-order valence-corrected chi connectivity index (χ3v) is 4.59. The van der Waals surface area contributed by atoms with Gasteiger partial charge in [-0.15, -0.1) is 24.8 Å². The number of nitrogens with two attached hydrogens (primary N) is 1. The number of nitrogens with zero attached hydrogens (tertiary/aromatic N) is 3. The quantitative estimate of drug-likeness (QED) is 0.476. The van der Waals surface area contributed by atoms with Gasteiger partial charge < -0.3 is 15.5 Å². The standard InChI is InChI=1S/C15H30N4.2ClH/c1-18(14-8-3-2-4-9-14)15(16)17-10-7-13-19-11-5-6-12-19;;/h14H,2-13H2,1H3,(H2,16,17);2*1H. The molecule has 126 valence electrons. The van der Waals surface area contributed by atoms with Crippen molar-refractivity contribution in [2.24, 2.45) is 10.7 Å². The SMILES string of the molecule is CN(C(N)=NCCCN1CCCC1)C1CCCCC1.Cl.Cl. The lowest BCUT2D eigenvalue weighted by Crippen LogP contribution is -2.42. The largest absolute Gasteiger partial charge is 0.370 e. The lowest BCUT2D eigenvalue weighted by molar-refractivity contribution is 0.275. The summed E-state index contributed by atoms with van der Waals surface area (Å²) < 4.78 is 0. The molecule has 2 aliphatic rings. The van der Waals surface area contributed by atoms with Gasteiger partial charge in [0, 0.05) is 19.6 Å². The molecule has 21 heavy (non-hydrogen) atoms. The summed E-state index contributed by atoms with van der Waals surface area (Å²) in [6.07, 6.45) is 10.5. The van der Waals surface area contributed by atoms with E-state index in [1.54, 1.807) is 0 Å². The molecule has 2 fully saturated rings. The van der Waals surface area contributed by atoms with E-state index in [-0.39, 0.29) is 24.8 Å². The fourth-order valence-corrected chi connectivity index (χ4v) is 3.26. The maximum Gasteiger partial charge on any atom is 0.191 e. The van der Waals surface area contributed by atoms with Crippen LogP contribution < -0.4 is 5.73 Å². The lowest BCUT2D eigenvalue weighted by atomic mass is 9.95. The highest BCUT2D eigenvalue weighted by Gasteiger charge is 2.19. The molecule has 0 atom stereocenters. The molecule has 0 bridgehead atoms. The van der Waals surface area contributed by atoms with Gasteiger partial charge in [0.05, 0.1) is 0 Å². The molecule has 6 heteroatoms. The second-order valence-electron chi connectivity index (χ2n) is 6.04. The lowest BCUT2D eigenvalue weighted by Gasteiger charge is -2.31. The molecule has 0 aromatic rings. The van der Waals surface area contributed by atoms with Gasteiger partial charge in [-0.05, 0) is 51.7 Å². The highest BCUT2D eigenvalue weighted by Crippen LogP contribution is 2.21. The normalized spacial score (nSPS) is 20.7. The summed E-state index contributed by atoms with van der Waals surface area (Å²) in [5, 5.41) is 0.